The number of amides is 2. The SMILES string of the molecule is CCOC(=O)N1CCC(NC(=O)c2nc3ccccc3nc2C)CC1. The first kappa shape index (κ1) is 17.1. The van der Waals surface area contributed by atoms with Gasteiger partial charge in [0, 0.05) is 19.1 Å². The van der Waals surface area contributed by atoms with Gasteiger partial charge in [0.25, 0.3) is 5.91 Å². The molecule has 2 amide bonds. The minimum absolute atomic E-state index is 0.0193. The Morgan fingerprint density at radius 1 is 1.20 bits per heavy atom. The minimum atomic E-state index is -0.288. The molecule has 2 aromatic rings. The van der Waals surface area contributed by atoms with Gasteiger partial charge in [-0.3, -0.25) is 4.79 Å². The third-order valence-electron chi connectivity index (χ3n) is 4.32. The number of rotatable bonds is 3. The van der Waals surface area contributed by atoms with Crippen LogP contribution in [0.2, 0.25) is 0 Å². The number of likely N-dealkylation sites (tertiary alicyclic amines) is 1. The van der Waals surface area contributed by atoms with E-state index in [9.17, 15) is 9.59 Å². The van der Waals surface area contributed by atoms with Crippen LogP contribution in [0.25, 0.3) is 11.0 Å². The number of piperidine rings is 1. The molecule has 0 atom stereocenters. The number of benzene rings is 1. The molecule has 132 valence electrons. The standard InChI is InChI=1S/C18H22N4O3/c1-3-25-18(24)22-10-8-13(9-11-22)20-17(23)16-12(2)19-14-6-4-5-7-15(14)21-16/h4-7,13H,3,8-11H2,1-2H3,(H,20,23). The van der Waals surface area contributed by atoms with Crippen molar-refractivity contribution in [2.24, 2.45) is 0 Å². The number of fused-ring (bicyclic) bond motifs is 1. The molecule has 1 aromatic heterocycles. The number of hydrogen-bond donors (Lipinski definition) is 1. The first-order valence-corrected chi connectivity index (χ1v) is 8.54. The number of hydrogen-bond acceptors (Lipinski definition) is 5. The first-order valence-electron chi connectivity index (χ1n) is 8.54. The second-order valence-corrected chi connectivity index (χ2v) is 6.08. The number of nitrogens with zero attached hydrogens (tertiary/aromatic N) is 3. The Balaban J connectivity index is 1.63. The lowest BCUT2D eigenvalue weighted by molar-refractivity contribution is 0.0856. The highest BCUT2D eigenvalue weighted by molar-refractivity contribution is 5.95. The Kier molecular flexibility index (Phi) is 5.11. The molecule has 2 heterocycles. The fourth-order valence-electron chi connectivity index (χ4n) is 2.98. The summed E-state index contributed by atoms with van der Waals surface area (Å²) in [5, 5.41) is 3.01. The fourth-order valence-corrected chi connectivity index (χ4v) is 2.98. The van der Waals surface area contributed by atoms with Gasteiger partial charge in [0.05, 0.1) is 23.3 Å². The van der Waals surface area contributed by atoms with Crippen LogP contribution in [0, 0.1) is 6.92 Å². The van der Waals surface area contributed by atoms with E-state index in [1.54, 1.807) is 18.7 Å². The van der Waals surface area contributed by atoms with E-state index in [-0.39, 0.29) is 18.0 Å². The van der Waals surface area contributed by atoms with Crippen LogP contribution in [0.3, 0.4) is 0 Å². The van der Waals surface area contributed by atoms with Crippen molar-refractivity contribution in [3.8, 4) is 0 Å². The van der Waals surface area contributed by atoms with Gasteiger partial charge in [-0.2, -0.15) is 0 Å². The minimum Gasteiger partial charge on any atom is -0.450 e. The molecule has 0 radical (unpaired) electrons. The largest absolute Gasteiger partial charge is 0.450 e. The summed E-state index contributed by atoms with van der Waals surface area (Å²) in [7, 11) is 0. The maximum Gasteiger partial charge on any atom is 0.409 e. The molecule has 7 nitrogen and oxygen atoms in total. The molecule has 1 aliphatic heterocycles. The lowest BCUT2D eigenvalue weighted by Crippen LogP contribution is -2.47. The highest BCUT2D eigenvalue weighted by Gasteiger charge is 2.25. The topological polar surface area (TPSA) is 84.4 Å². The molecule has 7 heteroatoms. The van der Waals surface area contributed by atoms with Crippen LogP contribution in [0.4, 0.5) is 4.79 Å². The first-order chi connectivity index (χ1) is 12.1. The van der Waals surface area contributed by atoms with Gasteiger partial charge < -0.3 is 15.0 Å². The van der Waals surface area contributed by atoms with Crippen LogP contribution in [0.5, 0.6) is 0 Å². The van der Waals surface area contributed by atoms with Crippen molar-refractivity contribution in [2.45, 2.75) is 32.7 Å². The third-order valence-corrected chi connectivity index (χ3v) is 4.32. The molecule has 0 saturated carbocycles. The van der Waals surface area contributed by atoms with Crippen LogP contribution in [-0.4, -0.2) is 52.6 Å². The van der Waals surface area contributed by atoms with Crippen molar-refractivity contribution in [2.75, 3.05) is 19.7 Å². The summed E-state index contributed by atoms with van der Waals surface area (Å²) in [5.41, 5.74) is 2.45. The van der Waals surface area contributed by atoms with Gasteiger partial charge in [0.1, 0.15) is 5.69 Å². The van der Waals surface area contributed by atoms with Crippen LogP contribution in [0.1, 0.15) is 35.9 Å². The van der Waals surface area contributed by atoms with E-state index in [4.69, 9.17) is 4.74 Å². The highest BCUT2D eigenvalue weighted by atomic mass is 16.6. The summed E-state index contributed by atoms with van der Waals surface area (Å²) in [6.07, 6.45) is 1.11. The number of nitrogens with one attached hydrogen (secondary N) is 1. The molecule has 1 aliphatic rings. The summed E-state index contributed by atoms with van der Waals surface area (Å²) in [6.45, 7) is 5.10. The fraction of sp³-hybridized carbons (Fsp3) is 0.444. The van der Waals surface area contributed by atoms with Gasteiger partial charge in [-0.1, -0.05) is 12.1 Å². The predicted octanol–water partition coefficient (Wildman–Crippen LogP) is 2.29. The highest BCUT2D eigenvalue weighted by Crippen LogP contribution is 2.15. The molecule has 1 saturated heterocycles. The molecule has 1 aromatic carbocycles. The third kappa shape index (κ3) is 3.87. The van der Waals surface area contributed by atoms with Crippen LogP contribution < -0.4 is 5.32 Å². The van der Waals surface area contributed by atoms with Gasteiger partial charge in [-0.25, -0.2) is 14.8 Å². The number of para-hydroxylation sites is 2. The van der Waals surface area contributed by atoms with Crippen molar-refractivity contribution < 1.29 is 14.3 Å². The van der Waals surface area contributed by atoms with E-state index in [2.05, 4.69) is 15.3 Å². The van der Waals surface area contributed by atoms with Gasteiger partial charge >= 0.3 is 6.09 Å². The van der Waals surface area contributed by atoms with Crippen LogP contribution >= 0.6 is 0 Å². The average molecular weight is 342 g/mol. The van der Waals surface area contributed by atoms with Crippen molar-refractivity contribution >= 4 is 23.0 Å². The molecule has 0 spiro atoms. The molecule has 0 bridgehead atoms. The smallest absolute Gasteiger partial charge is 0.409 e. The zero-order valence-electron chi connectivity index (χ0n) is 14.5. The monoisotopic (exact) mass is 342 g/mol. The summed E-state index contributed by atoms with van der Waals surface area (Å²) in [4.78, 5) is 34.9. The lowest BCUT2D eigenvalue weighted by atomic mass is 10.1. The summed E-state index contributed by atoms with van der Waals surface area (Å²) < 4.78 is 5.01. The number of aryl methyl sites for hydroxylation is 1. The summed E-state index contributed by atoms with van der Waals surface area (Å²) in [5.74, 6) is -0.217. The lowest BCUT2D eigenvalue weighted by Gasteiger charge is -2.31. The van der Waals surface area contributed by atoms with E-state index in [0.717, 1.165) is 5.52 Å². The average Bonchev–Trinajstić information content (AvgIpc) is 2.62. The molecule has 0 unspecified atom stereocenters. The second kappa shape index (κ2) is 7.46. The van der Waals surface area contributed by atoms with Gasteiger partial charge in [-0.15, -0.1) is 0 Å². The van der Waals surface area contributed by atoms with Crippen molar-refractivity contribution in [1.82, 2.24) is 20.2 Å². The zero-order chi connectivity index (χ0) is 17.8. The van der Waals surface area contributed by atoms with E-state index < -0.39 is 0 Å². The molecule has 3 rings (SSSR count). The van der Waals surface area contributed by atoms with E-state index in [1.807, 2.05) is 24.3 Å². The van der Waals surface area contributed by atoms with Crippen LogP contribution in [-0.2, 0) is 4.74 Å². The maximum absolute atomic E-state index is 12.6. The summed E-state index contributed by atoms with van der Waals surface area (Å²) in [6, 6.07) is 7.51. The zero-order valence-corrected chi connectivity index (χ0v) is 14.5. The number of carbonyl (C=O) groups excluding carboxylic acids is 2. The summed E-state index contributed by atoms with van der Waals surface area (Å²) >= 11 is 0. The Morgan fingerprint density at radius 2 is 1.84 bits per heavy atom. The van der Waals surface area contributed by atoms with Crippen LogP contribution in [0.15, 0.2) is 24.3 Å². The Labute approximate surface area is 146 Å². The molecule has 1 N–H and O–H groups in total. The maximum atomic E-state index is 12.6. The van der Waals surface area contributed by atoms with E-state index >= 15 is 0 Å². The Hall–Kier alpha value is -2.70. The van der Waals surface area contributed by atoms with E-state index in [1.165, 1.54) is 0 Å². The molecule has 1 fully saturated rings. The Bertz CT molecular complexity index is 785. The molecule has 0 aliphatic carbocycles. The quantitative estimate of drug-likeness (QED) is 0.925. The molecular weight excluding hydrogens is 320 g/mol. The number of ether oxygens (including phenoxy) is 1. The predicted molar refractivity (Wildman–Crippen MR) is 93.4 cm³/mol. The number of aromatic nitrogens is 2. The van der Waals surface area contributed by atoms with Gasteiger partial charge in [0.2, 0.25) is 0 Å². The Morgan fingerprint density at radius 3 is 2.48 bits per heavy atom. The van der Waals surface area contributed by atoms with E-state index in [0.29, 0.717) is 49.4 Å². The van der Waals surface area contributed by atoms with Gasteiger partial charge in [0.15, 0.2) is 0 Å². The van der Waals surface area contributed by atoms with Crippen molar-refractivity contribution in [3.05, 3.63) is 35.7 Å². The second-order valence-electron chi connectivity index (χ2n) is 6.08. The molecular formula is C18H22N4O3. The van der Waals surface area contributed by atoms with Gasteiger partial charge in [-0.05, 0) is 38.8 Å². The molecule has 25 heavy (non-hydrogen) atoms. The van der Waals surface area contributed by atoms with Crippen molar-refractivity contribution in [1.29, 1.82) is 0 Å². The van der Waals surface area contributed by atoms with Crippen molar-refractivity contribution in [3.63, 3.8) is 0 Å². The normalized spacial score (nSPS) is 15.2. The number of carbonyl (C=O) groups is 2.